The van der Waals surface area contributed by atoms with Gasteiger partial charge in [-0.25, -0.2) is 14.3 Å². The monoisotopic (exact) mass is 314 g/mol. The van der Waals surface area contributed by atoms with Crippen LogP contribution in [0.1, 0.15) is 19.8 Å². The average Bonchev–Trinajstić information content (AvgIpc) is 2.48. The number of nitrogens with two attached hydrogens (primary N) is 1. The maximum Gasteiger partial charge on any atom is 0.243 e. The average molecular weight is 314 g/mol. The predicted octanol–water partition coefficient (Wildman–Crippen LogP) is 1.38. The summed E-state index contributed by atoms with van der Waals surface area (Å²) in [7, 11) is -3.39. The van der Waals surface area contributed by atoms with Gasteiger partial charge in [0.25, 0.3) is 0 Å². The lowest BCUT2D eigenvalue weighted by Gasteiger charge is -2.29. The van der Waals surface area contributed by atoms with Gasteiger partial charge in [0.2, 0.25) is 10.0 Å². The van der Waals surface area contributed by atoms with Gasteiger partial charge in [-0.2, -0.15) is 4.31 Å². The standard InChI is InChI=1S/C14H22N2O4S/c1-12-6-8-16(9-7-12)21(17,18)14-4-2-13(3-5-14)19-10-11-20-15/h2-5,12H,6-11,15H2,1H3. The minimum absolute atomic E-state index is 0.284. The molecule has 0 amide bonds. The fourth-order valence-corrected chi connectivity index (χ4v) is 3.76. The Morgan fingerprint density at radius 1 is 1.19 bits per heavy atom. The lowest BCUT2D eigenvalue weighted by atomic mass is 10.0. The van der Waals surface area contributed by atoms with E-state index in [1.54, 1.807) is 28.6 Å². The van der Waals surface area contributed by atoms with Gasteiger partial charge in [0.15, 0.2) is 0 Å². The number of nitrogens with zero attached hydrogens (tertiary/aromatic N) is 1. The summed E-state index contributed by atoms with van der Waals surface area (Å²) < 4.78 is 31.9. The molecular weight excluding hydrogens is 292 g/mol. The molecule has 0 spiro atoms. The van der Waals surface area contributed by atoms with Gasteiger partial charge >= 0.3 is 0 Å². The highest BCUT2D eigenvalue weighted by molar-refractivity contribution is 7.89. The SMILES string of the molecule is CC1CCN(S(=O)(=O)c2ccc(OCCON)cc2)CC1. The van der Waals surface area contributed by atoms with E-state index in [1.165, 1.54) is 0 Å². The molecule has 6 nitrogen and oxygen atoms in total. The zero-order valence-corrected chi connectivity index (χ0v) is 13.0. The third kappa shape index (κ3) is 4.16. The number of piperidine rings is 1. The molecule has 0 radical (unpaired) electrons. The lowest BCUT2D eigenvalue weighted by molar-refractivity contribution is 0.102. The number of hydrogen-bond acceptors (Lipinski definition) is 5. The van der Waals surface area contributed by atoms with Crippen LogP contribution in [-0.4, -0.2) is 39.0 Å². The normalized spacial score (nSPS) is 17.8. The quantitative estimate of drug-likeness (QED) is 0.633. The first-order valence-electron chi connectivity index (χ1n) is 7.08. The second-order valence-corrected chi connectivity index (χ2v) is 7.22. The van der Waals surface area contributed by atoms with Crippen molar-refractivity contribution < 1.29 is 18.0 Å². The van der Waals surface area contributed by atoms with Gasteiger partial charge in [-0.3, -0.25) is 0 Å². The molecule has 0 saturated carbocycles. The van der Waals surface area contributed by atoms with E-state index in [9.17, 15) is 8.42 Å². The van der Waals surface area contributed by atoms with Crippen molar-refractivity contribution in [3.63, 3.8) is 0 Å². The number of hydrogen-bond donors (Lipinski definition) is 1. The van der Waals surface area contributed by atoms with Crippen molar-refractivity contribution in [2.45, 2.75) is 24.7 Å². The van der Waals surface area contributed by atoms with Gasteiger partial charge in [0.05, 0.1) is 4.90 Å². The van der Waals surface area contributed by atoms with E-state index in [0.717, 1.165) is 12.8 Å². The van der Waals surface area contributed by atoms with Crippen LogP contribution in [0.4, 0.5) is 0 Å². The molecular formula is C14H22N2O4S. The Morgan fingerprint density at radius 3 is 2.38 bits per heavy atom. The van der Waals surface area contributed by atoms with Gasteiger partial charge in [0, 0.05) is 13.1 Å². The van der Waals surface area contributed by atoms with Gasteiger partial charge in [0.1, 0.15) is 19.0 Å². The molecule has 1 aromatic carbocycles. The number of benzene rings is 1. The molecule has 1 saturated heterocycles. The molecule has 118 valence electrons. The summed E-state index contributed by atoms with van der Waals surface area (Å²) in [5.74, 6) is 6.09. The van der Waals surface area contributed by atoms with Crippen molar-refractivity contribution in [3.8, 4) is 5.75 Å². The number of rotatable bonds is 6. The first-order valence-corrected chi connectivity index (χ1v) is 8.52. The molecule has 1 aliphatic heterocycles. The zero-order chi connectivity index (χ0) is 15.3. The predicted molar refractivity (Wildman–Crippen MR) is 79.2 cm³/mol. The van der Waals surface area contributed by atoms with Crippen LogP contribution in [0.3, 0.4) is 0 Å². The Labute approximate surface area is 125 Å². The zero-order valence-electron chi connectivity index (χ0n) is 12.2. The molecule has 7 heteroatoms. The fraction of sp³-hybridized carbons (Fsp3) is 0.571. The minimum Gasteiger partial charge on any atom is -0.491 e. The second kappa shape index (κ2) is 7.22. The lowest BCUT2D eigenvalue weighted by Crippen LogP contribution is -2.37. The highest BCUT2D eigenvalue weighted by Gasteiger charge is 2.27. The molecule has 1 fully saturated rings. The summed E-state index contributed by atoms with van der Waals surface area (Å²) >= 11 is 0. The fourth-order valence-electron chi connectivity index (χ4n) is 2.29. The molecule has 0 bridgehead atoms. The maximum atomic E-state index is 12.5. The third-order valence-corrected chi connectivity index (χ3v) is 5.59. The minimum atomic E-state index is -3.39. The van der Waals surface area contributed by atoms with E-state index in [0.29, 0.717) is 36.3 Å². The maximum absolute atomic E-state index is 12.5. The van der Waals surface area contributed by atoms with E-state index in [1.807, 2.05) is 0 Å². The van der Waals surface area contributed by atoms with Crippen molar-refractivity contribution in [1.29, 1.82) is 0 Å². The van der Waals surface area contributed by atoms with Gasteiger partial charge < -0.3 is 9.57 Å². The van der Waals surface area contributed by atoms with Gasteiger partial charge in [-0.05, 0) is 43.0 Å². The first-order chi connectivity index (χ1) is 10.0. The topological polar surface area (TPSA) is 81.9 Å². The van der Waals surface area contributed by atoms with E-state index in [2.05, 4.69) is 11.8 Å². The molecule has 1 aromatic rings. The van der Waals surface area contributed by atoms with Crippen LogP contribution in [0.25, 0.3) is 0 Å². The molecule has 21 heavy (non-hydrogen) atoms. The molecule has 0 unspecified atom stereocenters. The van der Waals surface area contributed by atoms with E-state index in [-0.39, 0.29) is 6.61 Å². The Morgan fingerprint density at radius 2 is 1.81 bits per heavy atom. The third-order valence-electron chi connectivity index (χ3n) is 3.67. The largest absolute Gasteiger partial charge is 0.491 e. The van der Waals surface area contributed by atoms with Crippen LogP contribution < -0.4 is 10.6 Å². The molecule has 0 aromatic heterocycles. The van der Waals surface area contributed by atoms with Crippen LogP contribution in [0.5, 0.6) is 5.75 Å². The summed E-state index contributed by atoms with van der Waals surface area (Å²) in [6, 6.07) is 6.45. The summed E-state index contributed by atoms with van der Waals surface area (Å²) in [6.07, 6.45) is 1.83. The van der Waals surface area contributed by atoms with Gasteiger partial charge in [-0.15, -0.1) is 0 Å². The Balaban J connectivity index is 2.03. The summed E-state index contributed by atoms with van der Waals surface area (Å²) in [4.78, 5) is 4.71. The van der Waals surface area contributed by atoms with Crippen LogP contribution in [-0.2, 0) is 14.9 Å². The van der Waals surface area contributed by atoms with Crippen LogP contribution in [0.2, 0.25) is 0 Å². The molecule has 2 N–H and O–H groups in total. The van der Waals surface area contributed by atoms with E-state index in [4.69, 9.17) is 10.6 Å². The van der Waals surface area contributed by atoms with Crippen molar-refractivity contribution >= 4 is 10.0 Å². The van der Waals surface area contributed by atoms with Crippen LogP contribution in [0.15, 0.2) is 29.2 Å². The Hall–Kier alpha value is -1.15. The number of ether oxygens (including phenoxy) is 1. The molecule has 0 aliphatic carbocycles. The van der Waals surface area contributed by atoms with Crippen molar-refractivity contribution in [2.24, 2.45) is 11.8 Å². The molecule has 1 heterocycles. The van der Waals surface area contributed by atoms with Crippen LogP contribution >= 0.6 is 0 Å². The summed E-state index contributed by atoms with van der Waals surface area (Å²) in [5.41, 5.74) is 0. The summed E-state index contributed by atoms with van der Waals surface area (Å²) in [5, 5.41) is 0. The summed E-state index contributed by atoms with van der Waals surface area (Å²) in [6.45, 7) is 3.95. The van der Waals surface area contributed by atoms with E-state index >= 15 is 0 Å². The van der Waals surface area contributed by atoms with Crippen molar-refractivity contribution in [3.05, 3.63) is 24.3 Å². The van der Waals surface area contributed by atoms with Crippen LogP contribution in [0, 0.1) is 5.92 Å². The van der Waals surface area contributed by atoms with E-state index < -0.39 is 10.0 Å². The van der Waals surface area contributed by atoms with Crippen molar-refractivity contribution in [2.75, 3.05) is 26.3 Å². The first kappa shape index (κ1) is 16.2. The molecule has 2 rings (SSSR count). The second-order valence-electron chi connectivity index (χ2n) is 5.28. The highest BCUT2D eigenvalue weighted by Crippen LogP contribution is 2.24. The smallest absolute Gasteiger partial charge is 0.243 e. The Kier molecular flexibility index (Phi) is 5.58. The molecule has 1 aliphatic rings. The van der Waals surface area contributed by atoms with Crippen molar-refractivity contribution in [1.82, 2.24) is 4.31 Å². The molecule has 0 atom stereocenters. The number of sulfonamides is 1. The highest BCUT2D eigenvalue weighted by atomic mass is 32.2. The van der Waals surface area contributed by atoms with Gasteiger partial charge in [-0.1, -0.05) is 6.92 Å². The Bertz CT molecular complexity index is 537.